The number of aliphatic imine (C=N–C) groups is 2. The van der Waals surface area contributed by atoms with E-state index < -0.39 is 0 Å². The van der Waals surface area contributed by atoms with Gasteiger partial charge in [-0.15, -0.1) is 0 Å². The van der Waals surface area contributed by atoms with Crippen LogP contribution in [-0.2, 0) is 17.8 Å². The van der Waals surface area contributed by atoms with Crippen molar-refractivity contribution in [3.63, 3.8) is 0 Å². The molecule has 3 heterocycles. The van der Waals surface area contributed by atoms with Gasteiger partial charge in [-0.05, 0) is 47.7 Å². The first-order valence-corrected chi connectivity index (χ1v) is 11.5. The number of carbonyl (C=O) groups is 1. The molecule has 6 nitrogen and oxygen atoms in total. The second-order valence-electron chi connectivity index (χ2n) is 8.89. The summed E-state index contributed by atoms with van der Waals surface area (Å²) in [5.41, 5.74) is 7.95. The molecular weight excluding hydrogens is 410 g/mol. The van der Waals surface area contributed by atoms with Gasteiger partial charge in [0.25, 0.3) is 5.91 Å². The Morgan fingerprint density at radius 3 is 2.64 bits per heavy atom. The summed E-state index contributed by atoms with van der Waals surface area (Å²) in [4.78, 5) is 26.8. The van der Waals surface area contributed by atoms with Gasteiger partial charge in [0, 0.05) is 42.5 Å². The van der Waals surface area contributed by atoms with E-state index in [4.69, 9.17) is 9.98 Å². The molecule has 1 aliphatic carbocycles. The van der Waals surface area contributed by atoms with Crippen LogP contribution in [0, 0.1) is 0 Å². The minimum atomic E-state index is -0.0965. The van der Waals surface area contributed by atoms with Gasteiger partial charge in [-0.1, -0.05) is 36.4 Å². The molecule has 0 bridgehead atoms. The molecule has 6 rings (SSSR count). The molecule has 2 N–H and O–H groups in total. The number of fused-ring (bicyclic) bond motifs is 2. The van der Waals surface area contributed by atoms with Crippen LogP contribution in [0.5, 0.6) is 0 Å². The van der Waals surface area contributed by atoms with Crippen LogP contribution in [0.1, 0.15) is 46.7 Å². The summed E-state index contributed by atoms with van der Waals surface area (Å²) in [6.07, 6.45) is 6.55. The SMILES string of the molecule is O=C(N[C@H](CNC1CC1)c1ccccc1)C1=Nc2cc3c(cc2C1)CN=C3c1ccncc1. The van der Waals surface area contributed by atoms with Gasteiger partial charge in [0.15, 0.2) is 0 Å². The molecule has 6 heteroatoms. The molecular formula is C27H25N5O. The van der Waals surface area contributed by atoms with Gasteiger partial charge in [-0.3, -0.25) is 14.8 Å². The van der Waals surface area contributed by atoms with E-state index in [1.54, 1.807) is 12.4 Å². The fraction of sp³-hybridized carbons (Fsp3) is 0.259. The molecule has 0 radical (unpaired) electrons. The summed E-state index contributed by atoms with van der Waals surface area (Å²) in [6.45, 7) is 1.38. The monoisotopic (exact) mass is 435 g/mol. The van der Waals surface area contributed by atoms with Crippen molar-refractivity contribution in [3.05, 3.63) is 94.8 Å². The first-order valence-electron chi connectivity index (χ1n) is 11.5. The van der Waals surface area contributed by atoms with Crippen LogP contribution in [0.2, 0.25) is 0 Å². The van der Waals surface area contributed by atoms with Crippen molar-refractivity contribution in [1.82, 2.24) is 15.6 Å². The van der Waals surface area contributed by atoms with Crippen molar-refractivity contribution in [3.8, 4) is 0 Å². The second kappa shape index (κ2) is 8.37. The molecule has 3 aromatic rings. The number of aromatic nitrogens is 1. The fourth-order valence-electron chi connectivity index (χ4n) is 4.53. The average molecular weight is 436 g/mol. The van der Waals surface area contributed by atoms with Crippen LogP contribution in [0.15, 0.2) is 77.0 Å². The maximum atomic E-state index is 13.2. The number of nitrogens with zero attached hydrogens (tertiary/aromatic N) is 3. The smallest absolute Gasteiger partial charge is 0.266 e. The molecule has 33 heavy (non-hydrogen) atoms. The summed E-state index contributed by atoms with van der Waals surface area (Å²) in [7, 11) is 0. The van der Waals surface area contributed by atoms with Crippen LogP contribution in [0.4, 0.5) is 5.69 Å². The number of rotatable bonds is 7. The highest BCUT2D eigenvalue weighted by atomic mass is 16.2. The van der Waals surface area contributed by atoms with Crippen LogP contribution < -0.4 is 10.6 Å². The molecule has 1 atom stereocenters. The summed E-state index contributed by atoms with van der Waals surface area (Å²) in [5.74, 6) is -0.0965. The molecule has 2 aliphatic heterocycles. The van der Waals surface area contributed by atoms with E-state index in [1.165, 1.54) is 18.4 Å². The molecule has 1 fully saturated rings. The zero-order valence-electron chi connectivity index (χ0n) is 18.3. The molecule has 2 aromatic carbocycles. The van der Waals surface area contributed by atoms with E-state index in [0.29, 0.717) is 24.7 Å². The zero-order valence-corrected chi connectivity index (χ0v) is 18.3. The Morgan fingerprint density at radius 2 is 1.85 bits per heavy atom. The van der Waals surface area contributed by atoms with Crippen molar-refractivity contribution >= 4 is 23.0 Å². The summed E-state index contributed by atoms with van der Waals surface area (Å²) >= 11 is 0. The Kier molecular flexibility index (Phi) is 5.07. The lowest BCUT2D eigenvalue weighted by atomic mass is 9.97. The highest BCUT2D eigenvalue weighted by molar-refractivity contribution is 6.41. The van der Waals surface area contributed by atoms with E-state index in [1.807, 2.05) is 30.3 Å². The standard InChI is InChI=1S/C27H25N5O/c33-27(32-25(16-29-21-6-7-21)17-4-2-1-3-5-17)24-13-19-12-20-15-30-26(18-8-10-28-11-9-18)22(20)14-23(19)31-24/h1-5,8-12,14,21,25,29H,6-7,13,15-16H2,(H,32,33)/t25-/m1/s1. The second-order valence-corrected chi connectivity index (χ2v) is 8.89. The van der Waals surface area contributed by atoms with Crippen molar-refractivity contribution < 1.29 is 4.79 Å². The summed E-state index contributed by atoms with van der Waals surface area (Å²) < 4.78 is 0. The maximum Gasteiger partial charge on any atom is 0.266 e. The van der Waals surface area contributed by atoms with Crippen LogP contribution >= 0.6 is 0 Å². The largest absolute Gasteiger partial charge is 0.343 e. The predicted molar refractivity (Wildman–Crippen MR) is 129 cm³/mol. The van der Waals surface area contributed by atoms with Gasteiger partial charge < -0.3 is 10.6 Å². The Morgan fingerprint density at radius 1 is 1.03 bits per heavy atom. The van der Waals surface area contributed by atoms with Gasteiger partial charge in [-0.25, -0.2) is 4.99 Å². The van der Waals surface area contributed by atoms with Crippen molar-refractivity contribution in [1.29, 1.82) is 0 Å². The molecule has 164 valence electrons. The van der Waals surface area contributed by atoms with Crippen molar-refractivity contribution in [2.24, 2.45) is 9.98 Å². The van der Waals surface area contributed by atoms with Gasteiger partial charge in [-0.2, -0.15) is 0 Å². The number of benzene rings is 2. The van der Waals surface area contributed by atoms with Crippen molar-refractivity contribution in [2.75, 3.05) is 6.54 Å². The van der Waals surface area contributed by atoms with Crippen LogP contribution in [0.3, 0.4) is 0 Å². The van der Waals surface area contributed by atoms with E-state index in [-0.39, 0.29) is 11.9 Å². The summed E-state index contributed by atoms with van der Waals surface area (Å²) in [5, 5.41) is 6.77. The highest BCUT2D eigenvalue weighted by Crippen LogP contribution is 2.34. The molecule has 0 spiro atoms. The zero-order chi connectivity index (χ0) is 22.2. The van der Waals surface area contributed by atoms with Gasteiger partial charge >= 0.3 is 0 Å². The van der Waals surface area contributed by atoms with Gasteiger partial charge in [0.2, 0.25) is 0 Å². The third-order valence-electron chi connectivity index (χ3n) is 6.49. The lowest BCUT2D eigenvalue weighted by molar-refractivity contribution is -0.115. The Hall–Kier alpha value is -3.64. The fourth-order valence-corrected chi connectivity index (χ4v) is 4.53. The first-order chi connectivity index (χ1) is 16.2. The average Bonchev–Trinajstić information content (AvgIpc) is 3.45. The Balaban J connectivity index is 1.22. The molecule has 0 unspecified atom stereocenters. The molecule has 1 saturated carbocycles. The third kappa shape index (κ3) is 4.10. The number of hydrogen-bond donors (Lipinski definition) is 2. The quantitative estimate of drug-likeness (QED) is 0.594. The van der Waals surface area contributed by atoms with E-state index >= 15 is 0 Å². The number of amides is 1. The number of hydrogen-bond acceptors (Lipinski definition) is 5. The first kappa shape index (κ1) is 20.0. The molecule has 0 saturated heterocycles. The van der Waals surface area contributed by atoms with Crippen LogP contribution in [0.25, 0.3) is 0 Å². The highest BCUT2D eigenvalue weighted by Gasteiger charge is 2.28. The number of pyridine rings is 1. The minimum Gasteiger partial charge on any atom is -0.343 e. The lowest BCUT2D eigenvalue weighted by Crippen LogP contribution is -2.39. The molecule has 3 aliphatic rings. The summed E-state index contributed by atoms with van der Waals surface area (Å²) in [6, 6.07) is 18.8. The molecule has 1 aromatic heterocycles. The van der Waals surface area contributed by atoms with E-state index in [0.717, 1.165) is 40.2 Å². The maximum absolute atomic E-state index is 13.2. The van der Waals surface area contributed by atoms with Gasteiger partial charge in [0.05, 0.1) is 24.0 Å². The van der Waals surface area contributed by atoms with E-state index in [9.17, 15) is 4.79 Å². The third-order valence-corrected chi connectivity index (χ3v) is 6.49. The number of carbonyl (C=O) groups excluding carboxylic acids is 1. The predicted octanol–water partition coefficient (Wildman–Crippen LogP) is 3.67. The Bertz CT molecular complexity index is 1260. The number of nitrogens with one attached hydrogen (secondary N) is 2. The lowest BCUT2D eigenvalue weighted by Gasteiger charge is -2.20. The normalized spacial score (nSPS) is 17.1. The van der Waals surface area contributed by atoms with Crippen molar-refractivity contribution in [2.45, 2.75) is 37.9 Å². The van der Waals surface area contributed by atoms with E-state index in [2.05, 4.69) is 39.9 Å². The van der Waals surface area contributed by atoms with Gasteiger partial charge in [0.1, 0.15) is 5.71 Å². The topological polar surface area (TPSA) is 78.7 Å². The van der Waals surface area contributed by atoms with Crippen LogP contribution in [-0.4, -0.2) is 34.9 Å². The Labute approximate surface area is 192 Å². The minimum absolute atomic E-state index is 0.0823. The molecule has 1 amide bonds.